The van der Waals surface area contributed by atoms with Gasteiger partial charge in [-0.25, -0.2) is 0 Å². The number of ether oxygens (including phenoxy) is 3. The average Bonchev–Trinajstić information content (AvgIpc) is 2.93. The maximum atomic E-state index is 6.07. The van der Waals surface area contributed by atoms with Gasteiger partial charge in [0.1, 0.15) is 5.75 Å². The number of hydrogen-bond donors (Lipinski definition) is 0. The summed E-state index contributed by atoms with van der Waals surface area (Å²) in [6.07, 6.45) is 15.4. The second-order valence-electron chi connectivity index (χ2n) is 10.8. The van der Waals surface area contributed by atoms with Gasteiger partial charge in [-0.2, -0.15) is 0 Å². The van der Waals surface area contributed by atoms with Crippen molar-refractivity contribution < 1.29 is 14.2 Å². The van der Waals surface area contributed by atoms with Crippen molar-refractivity contribution in [1.82, 2.24) is 0 Å². The first kappa shape index (κ1) is 28.7. The summed E-state index contributed by atoms with van der Waals surface area (Å²) in [5, 5.41) is 0. The highest BCUT2D eigenvalue weighted by atomic mass is 16.7. The van der Waals surface area contributed by atoms with Gasteiger partial charge >= 0.3 is 0 Å². The molecule has 2 aromatic carbocycles. The molecule has 0 amide bonds. The fourth-order valence-corrected chi connectivity index (χ4v) is 4.86. The monoisotopic (exact) mass is 494 g/mol. The third-order valence-electron chi connectivity index (χ3n) is 7.61. The van der Waals surface area contributed by atoms with Crippen LogP contribution in [0.4, 0.5) is 0 Å². The van der Waals surface area contributed by atoms with E-state index in [2.05, 4.69) is 69.3 Å². The molecule has 3 heteroatoms. The summed E-state index contributed by atoms with van der Waals surface area (Å²) >= 11 is 0. The fraction of sp³-hybridized carbons (Fsp3) is 0.636. The number of hydrogen-bond acceptors (Lipinski definition) is 3. The van der Waals surface area contributed by atoms with E-state index < -0.39 is 0 Å². The van der Waals surface area contributed by atoms with Crippen LogP contribution in [0.3, 0.4) is 0 Å². The van der Waals surface area contributed by atoms with Crippen molar-refractivity contribution in [2.75, 3.05) is 19.8 Å². The maximum Gasteiger partial charge on any atom is 0.183 e. The quantitative estimate of drug-likeness (QED) is 0.205. The Labute approximate surface area is 220 Å². The average molecular weight is 495 g/mol. The van der Waals surface area contributed by atoms with Crippen LogP contribution in [0.1, 0.15) is 110 Å². The lowest BCUT2D eigenvalue weighted by Crippen LogP contribution is -2.27. The number of unbranched alkanes of at least 4 members (excludes halogenated alkanes) is 7. The predicted molar refractivity (Wildman–Crippen MR) is 151 cm³/mol. The molecule has 1 saturated heterocycles. The van der Waals surface area contributed by atoms with Gasteiger partial charge in [0.25, 0.3) is 0 Å². The van der Waals surface area contributed by atoms with Gasteiger partial charge in [0.05, 0.1) is 19.8 Å². The van der Waals surface area contributed by atoms with Crippen molar-refractivity contribution in [3.8, 4) is 16.9 Å². The van der Waals surface area contributed by atoms with Gasteiger partial charge in [0.15, 0.2) is 6.29 Å². The molecule has 1 fully saturated rings. The van der Waals surface area contributed by atoms with Crippen molar-refractivity contribution in [3.63, 3.8) is 0 Å². The molecule has 0 unspecified atom stereocenters. The van der Waals surface area contributed by atoms with E-state index >= 15 is 0 Å². The van der Waals surface area contributed by atoms with Crippen molar-refractivity contribution in [2.45, 2.75) is 104 Å². The molecule has 1 heterocycles. The topological polar surface area (TPSA) is 27.7 Å². The third kappa shape index (κ3) is 10.3. The van der Waals surface area contributed by atoms with Crippen LogP contribution in [-0.2, 0) is 9.47 Å². The predicted octanol–water partition coefficient (Wildman–Crippen LogP) is 9.75. The minimum atomic E-state index is -0.235. The first-order valence-corrected chi connectivity index (χ1v) is 14.8. The van der Waals surface area contributed by atoms with Crippen LogP contribution < -0.4 is 4.74 Å². The Morgan fingerprint density at radius 1 is 0.750 bits per heavy atom. The van der Waals surface area contributed by atoms with Crippen LogP contribution in [0, 0.1) is 11.8 Å². The van der Waals surface area contributed by atoms with E-state index in [4.69, 9.17) is 14.2 Å². The molecular weight excluding hydrogens is 444 g/mol. The largest absolute Gasteiger partial charge is 0.494 e. The van der Waals surface area contributed by atoms with Crippen molar-refractivity contribution in [3.05, 3.63) is 54.1 Å². The molecule has 3 rings (SSSR count). The lowest BCUT2D eigenvalue weighted by molar-refractivity contribution is -0.206. The second kappa shape index (κ2) is 16.8. The van der Waals surface area contributed by atoms with E-state index in [1.807, 2.05) is 0 Å². The van der Waals surface area contributed by atoms with Crippen LogP contribution >= 0.6 is 0 Å². The Bertz CT molecular complexity index is 806. The van der Waals surface area contributed by atoms with Crippen LogP contribution in [-0.4, -0.2) is 19.8 Å². The maximum absolute atomic E-state index is 6.07. The molecule has 0 saturated carbocycles. The lowest BCUT2D eigenvalue weighted by atomic mass is 10.0. The van der Waals surface area contributed by atoms with Crippen molar-refractivity contribution in [1.29, 1.82) is 0 Å². The second-order valence-corrected chi connectivity index (χ2v) is 10.8. The van der Waals surface area contributed by atoms with Gasteiger partial charge in [-0.15, -0.1) is 0 Å². The first-order chi connectivity index (χ1) is 17.7. The zero-order valence-electron chi connectivity index (χ0n) is 23.2. The normalized spacial score (nSPS) is 18.8. The molecule has 0 aliphatic carbocycles. The molecule has 1 aliphatic rings. The summed E-state index contributed by atoms with van der Waals surface area (Å²) in [5.74, 6) is 2.34. The summed E-state index contributed by atoms with van der Waals surface area (Å²) in [5.41, 5.74) is 3.50. The van der Waals surface area contributed by atoms with E-state index in [1.54, 1.807) is 0 Å². The van der Waals surface area contributed by atoms with E-state index in [-0.39, 0.29) is 6.29 Å². The summed E-state index contributed by atoms with van der Waals surface area (Å²) < 4.78 is 18.1. The highest BCUT2D eigenvalue weighted by Crippen LogP contribution is 2.30. The highest BCUT2D eigenvalue weighted by Gasteiger charge is 2.23. The Morgan fingerprint density at radius 2 is 1.36 bits per heavy atom. The third-order valence-corrected chi connectivity index (χ3v) is 7.61. The molecule has 1 atom stereocenters. The Morgan fingerprint density at radius 3 is 2.03 bits per heavy atom. The molecule has 200 valence electrons. The van der Waals surface area contributed by atoms with E-state index in [9.17, 15) is 0 Å². The molecule has 3 nitrogen and oxygen atoms in total. The fourth-order valence-electron chi connectivity index (χ4n) is 4.86. The van der Waals surface area contributed by atoms with E-state index in [0.29, 0.717) is 5.92 Å². The SMILES string of the molecule is CCCCCCCC[C@H]1CO[C@H](c2ccc(-c3ccc(OCCCCC[C@@H](C)CC)cc3)cc2)OC1. The zero-order valence-corrected chi connectivity index (χ0v) is 23.2. The van der Waals surface area contributed by atoms with Gasteiger partial charge < -0.3 is 14.2 Å². The van der Waals surface area contributed by atoms with Gasteiger partial charge in [0, 0.05) is 11.5 Å². The van der Waals surface area contributed by atoms with Crippen molar-refractivity contribution >= 4 is 0 Å². The van der Waals surface area contributed by atoms with Crippen LogP contribution in [0.25, 0.3) is 11.1 Å². The van der Waals surface area contributed by atoms with Gasteiger partial charge in [0.2, 0.25) is 0 Å². The Kier molecular flexibility index (Phi) is 13.4. The molecule has 0 N–H and O–H groups in total. The molecule has 0 aromatic heterocycles. The molecule has 0 spiro atoms. The molecule has 2 aromatic rings. The van der Waals surface area contributed by atoms with E-state index in [0.717, 1.165) is 43.5 Å². The summed E-state index contributed by atoms with van der Waals surface area (Å²) in [6, 6.07) is 17.1. The van der Waals surface area contributed by atoms with E-state index in [1.165, 1.54) is 81.8 Å². The molecule has 36 heavy (non-hydrogen) atoms. The van der Waals surface area contributed by atoms with Crippen LogP contribution in [0.2, 0.25) is 0 Å². The minimum absolute atomic E-state index is 0.235. The molecule has 0 radical (unpaired) electrons. The van der Waals surface area contributed by atoms with Crippen LogP contribution in [0.15, 0.2) is 48.5 Å². The lowest BCUT2D eigenvalue weighted by Gasteiger charge is -2.29. The first-order valence-electron chi connectivity index (χ1n) is 14.8. The molecular formula is C33H50O3. The standard InChI is InChI=1S/C33H50O3/c1-4-6-7-8-9-12-15-28-25-35-33(36-26-28)31-18-16-29(17-19-31)30-20-22-32(23-21-30)34-24-13-10-11-14-27(3)5-2/h16-23,27-28,33H,4-15,24-26H2,1-3H3/t27-,28-,33-/m0/s1. The Balaban J connectivity index is 1.35. The summed E-state index contributed by atoms with van der Waals surface area (Å²) in [7, 11) is 0. The zero-order chi connectivity index (χ0) is 25.4. The van der Waals surface area contributed by atoms with Crippen molar-refractivity contribution in [2.24, 2.45) is 11.8 Å². The molecule has 1 aliphatic heterocycles. The Hall–Kier alpha value is -1.84. The van der Waals surface area contributed by atoms with Crippen LogP contribution in [0.5, 0.6) is 5.75 Å². The van der Waals surface area contributed by atoms with Gasteiger partial charge in [-0.1, -0.05) is 121 Å². The number of rotatable bonds is 17. The smallest absolute Gasteiger partial charge is 0.183 e. The molecule has 0 bridgehead atoms. The summed E-state index contributed by atoms with van der Waals surface area (Å²) in [4.78, 5) is 0. The highest BCUT2D eigenvalue weighted by molar-refractivity contribution is 5.64. The van der Waals surface area contributed by atoms with Gasteiger partial charge in [-0.05, 0) is 42.0 Å². The number of benzene rings is 2. The summed E-state index contributed by atoms with van der Waals surface area (Å²) in [6.45, 7) is 9.30. The minimum Gasteiger partial charge on any atom is -0.494 e. The van der Waals surface area contributed by atoms with Gasteiger partial charge in [-0.3, -0.25) is 0 Å².